The van der Waals surface area contributed by atoms with Gasteiger partial charge in [-0.15, -0.1) is 0 Å². The number of anilines is 1. The van der Waals surface area contributed by atoms with E-state index in [-0.39, 0.29) is 11.8 Å². The molecule has 0 unspecified atom stereocenters. The zero-order chi connectivity index (χ0) is 17.2. The third kappa shape index (κ3) is 4.32. The van der Waals surface area contributed by atoms with Gasteiger partial charge in [0.25, 0.3) is 0 Å². The normalized spacial score (nSPS) is 17.2. The van der Waals surface area contributed by atoms with E-state index in [2.05, 4.69) is 6.07 Å². The van der Waals surface area contributed by atoms with Crippen LogP contribution in [0, 0.1) is 19.8 Å². The van der Waals surface area contributed by atoms with E-state index in [9.17, 15) is 13.2 Å². The van der Waals surface area contributed by atoms with Gasteiger partial charge in [-0.1, -0.05) is 6.07 Å². The Balaban J connectivity index is 2.12. The second-order valence-electron chi connectivity index (χ2n) is 6.36. The van der Waals surface area contributed by atoms with Crippen molar-refractivity contribution in [1.82, 2.24) is 4.31 Å². The van der Waals surface area contributed by atoms with Crippen LogP contribution in [0.25, 0.3) is 0 Å². The fourth-order valence-corrected chi connectivity index (χ4v) is 4.10. The molecule has 5 nitrogen and oxygen atoms in total. The number of piperidine rings is 1. The molecule has 0 bridgehead atoms. The van der Waals surface area contributed by atoms with Crippen LogP contribution >= 0.6 is 0 Å². The standard InChI is InChI=1S/C17H26N2O3S/c1-5-19(16-11-13(2)10-14(3)12-16)17(20)15-6-8-18(9-7-15)23(4,21)22/h10-12,15H,5-9H2,1-4H3. The SMILES string of the molecule is CCN(C(=O)C1CCN(S(C)(=O)=O)CC1)c1cc(C)cc(C)c1. The van der Waals surface area contributed by atoms with Crippen molar-refractivity contribution >= 4 is 21.6 Å². The molecule has 1 aromatic rings. The van der Waals surface area contributed by atoms with Gasteiger partial charge in [0.05, 0.1) is 6.26 Å². The van der Waals surface area contributed by atoms with Crippen LogP contribution in [-0.4, -0.2) is 44.5 Å². The summed E-state index contributed by atoms with van der Waals surface area (Å²) in [4.78, 5) is 14.7. The molecule has 0 saturated carbocycles. The van der Waals surface area contributed by atoms with Gasteiger partial charge in [0.15, 0.2) is 0 Å². The number of nitrogens with zero attached hydrogens (tertiary/aromatic N) is 2. The van der Waals surface area contributed by atoms with Gasteiger partial charge < -0.3 is 4.90 Å². The Morgan fingerprint density at radius 2 is 1.70 bits per heavy atom. The van der Waals surface area contributed by atoms with Crippen LogP contribution < -0.4 is 4.90 Å². The molecule has 1 saturated heterocycles. The Hall–Kier alpha value is -1.40. The Bertz CT molecular complexity index is 657. The molecular weight excluding hydrogens is 312 g/mol. The minimum Gasteiger partial charge on any atom is -0.312 e. The lowest BCUT2D eigenvalue weighted by Crippen LogP contribution is -2.44. The highest BCUT2D eigenvalue weighted by atomic mass is 32.2. The molecule has 0 radical (unpaired) electrons. The van der Waals surface area contributed by atoms with Gasteiger partial charge in [0.1, 0.15) is 0 Å². The largest absolute Gasteiger partial charge is 0.312 e. The molecule has 1 amide bonds. The topological polar surface area (TPSA) is 57.7 Å². The van der Waals surface area contributed by atoms with E-state index in [1.54, 1.807) is 0 Å². The summed E-state index contributed by atoms with van der Waals surface area (Å²) in [7, 11) is -3.16. The summed E-state index contributed by atoms with van der Waals surface area (Å²) in [5, 5.41) is 0. The maximum Gasteiger partial charge on any atom is 0.230 e. The highest BCUT2D eigenvalue weighted by Crippen LogP contribution is 2.25. The van der Waals surface area contributed by atoms with Crippen molar-refractivity contribution in [3.8, 4) is 0 Å². The summed E-state index contributed by atoms with van der Waals surface area (Å²) >= 11 is 0. The van der Waals surface area contributed by atoms with E-state index in [0.717, 1.165) is 16.8 Å². The van der Waals surface area contributed by atoms with E-state index in [1.165, 1.54) is 10.6 Å². The van der Waals surface area contributed by atoms with E-state index in [4.69, 9.17) is 0 Å². The van der Waals surface area contributed by atoms with Crippen LogP contribution in [0.5, 0.6) is 0 Å². The van der Waals surface area contributed by atoms with Crippen molar-refractivity contribution in [3.63, 3.8) is 0 Å². The minimum absolute atomic E-state index is 0.102. The first-order valence-electron chi connectivity index (χ1n) is 8.07. The van der Waals surface area contributed by atoms with Gasteiger partial charge in [-0.25, -0.2) is 12.7 Å². The zero-order valence-electron chi connectivity index (χ0n) is 14.4. The number of carbonyl (C=O) groups is 1. The Kier molecular flexibility index (Phi) is 5.47. The van der Waals surface area contributed by atoms with Crippen molar-refractivity contribution in [3.05, 3.63) is 29.3 Å². The van der Waals surface area contributed by atoms with E-state index in [1.807, 2.05) is 37.8 Å². The smallest absolute Gasteiger partial charge is 0.230 e. The highest BCUT2D eigenvalue weighted by Gasteiger charge is 2.31. The van der Waals surface area contributed by atoms with Crippen LogP contribution in [0.2, 0.25) is 0 Å². The summed E-state index contributed by atoms with van der Waals surface area (Å²) in [6.45, 7) is 7.51. The highest BCUT2D eigenvalue weighted by molar-refractivity contribution is 7.88. The van der Waals surface area contributed by atoms with Crippen LogP contribution in [0.3, 0.4) is 0 Å². The number of hydrogen-bond donors (Lipinski definition) is 0. The quantitative estimate of drug-likeness (QED) is 0.846. The van der Waals surface area contributed by atoms with Gasteiger partial charge >= 0.3 is 0 Å². The van der Waals surface area contributed by atoms with Crippen molar-refractivity contribution in [2.75, 3.05) is 30.8 Å². The Labute approximate surface area is 139 Å². The molecule has 1 heterocycles. The number of aryl methyl sites for hydroxylation is 2. The number of benzene rings is 1. The Morgan fingerprint density at radius 3 is 2.13 bits per heavy atom. The molecule has 2 rings (SSSR count). The summed E-state index contributed by atoms with van der Waals surface area (Å²) in [5.41, 5.74) is 3.21. The van der Waals surface area contributed by atoms with Crippen LogP contribution in [-0.2, 0) is 14.8 Å². The second kappa shape index (κ2) is 7.01. The summed E-state index contributed by atoms with van der Waals surface area (Å²) in [5.74, 6) is -0.000538. The van der Waals surface area contributed by atoms with E-state index >= 15 is 0 Å². The van der Waals surface area contributed by atoms with E-state index < -0.39 is 10.0 Å². The van der Waals surface area contributed by atoms with Crippen molar-refractivity contribution in [2.24, 2.45) is 5.92 Å². The first kappa shape index (κ1) is 17.9. The molecular formula is C17H26N2O3S. The molecule has 23 heavy (non-hydrogen) atoms. The number of carbonyl (C=O) groups excluding carboxylic acids is 1. The molecule has 1 aliphatic heterocycles. The molecule has 128 valence electrons. The Morgan fingerprint density at radius 1 is 1.17 bits per heavy atom. The van der Waals surface area contributed by atoms with Gasteiger partial charge in [-0.2, -0.15) is 0 Å². The lowest BCUT2D eigenvalue weighted by Gasteiger charge is -2.33. The third-order valence-corrected chi connectivity index (χ3v) is 5.68. The lowest BCUT2D eigenvalue weighted by atomic mass is 9.96. The fraction of sp³-hybridized carbons (Fsp3) is 0.588. The molecule has 1 aliphatic rings. The zero-order valence-corrected chi connectivity index (χ0v) is 15.2. The molecule has 0 atom stereocenters. The molecule has 1 aromatic carbocycles. The average molecular weight is 338 g/mol. The number of amides is 1. The number of hydrogen-bond acceptors (Lipinski definition) is 3. The maximum atomic E-state index is 12.9. The first-order chi connectivity index (χ1) is 10.7. The van der Waals surface area contributed by atoms with Crippen molar-refractivity contribution in [1.29, 1.82) is 0 Å². The summed E-state index contributed by atoms with van der Waals surface area (Å²) in [6, 6.07) is 6.15. The van der Waals surface area contributed by atoms with Gasteiger partial charge in [0.2, 0.25) is 15.9 Å². The van der Waals surface area contributed by atoms with Gasteiger partial charge in [-0.3, -0.25) is 4.79 Å². The number of sulfonamides is 1. The predicted octanol–water partition coefficient (Wildman–Crippen LogP) is 2.33. The van der Waals surface area contributed by atoms with Gasteiger partial charge in [-0.05, 0) is 56.9 Å². The monoisotopic (exact) mass is 338 g/mol. The van der Waals surface area contributed by atoms with Crippen LogP contribution in [0.4, 0.5) is 5.69 Å². The molecule has 0 N–H and O–H groups in total. The van der Waals surface area contributed by atoms with Crippen LogP contribution in [0.15, 0.2) is 18.2 Å². The molecule has 6 heteroatoms. The fourth-order valence-electron chi connectivity index (χ4n) is 3.23. The summed E-state index contributed by atoms with van der Waals surface area (Å²) < 4.78 is 24.6. The maximum absolute atomic E-state index is 12.9. The predicted molar refractivity (Wildman–Crippen MR) is 93.1 cm³/mol. The average Bonchev–Trinajstić information content (AvgIpc) is 2.46. The molecule has 0 aliphatic carbocycles. The minimum atomic E-state index is -3.16. The van der Waals surface area contributed by atoms with Crippen molar-refractivity contribution < 1.29 is 13.2 Å². The first-order valence-corrected chi connectivity index (χ1v) is 9.92. The third-order valence-electron chi connectivity index (χ3n) is 4.37. The number of rotatable bonds is 4. The second-order valence-corrected chi connectivity index (χ2v) is 8.35. The lowest BCUT2D eigenvalue weighted by molar-refractivity contribution is -0.123. The van der Waals surface area contributed by atoms with Gasteiger partial charge in [0, 0.05) is 31.2 Å². The summed E-state index contributed by atoms with van der Waals surface area (Å²) in [6.07, 6.45) is 2.41. The van der Waals surface area contributed by atoms with Crippen molar-refractivity contribution in [2.45, 2.75) is 33.6 Å². The van der Waals surface area contributed by atoms with E-state index in [0.29, 0.717) is 32.5 Å². The molecule has 0 spiro atoms. The van der Waals surface area contributed by atoms with Crippen LogP contribution in [0.1, 0.15) is 30.9 Å². The molecule has 0 aromatic heterocycles. The molecule has 1 fully saturated rings.